The second-order valence-corrected chi connectivity index (χ2v) is 9.06. The van der Waals surface area contributed by atoms with Gasteiger partial charge in [0.05, 0.1) is 33.8 Å². The average Bonchev–Trinajstić information content (AvgIpc) is 3.20. The second-order valence-electron chi connectivity index (χ2n) is 6.86. The van der Waals surface area contributed by atoms with Crippen molar-refractivity contribution in [2.24, 2.45) is 5.73 Å². The molecule has 166 valence electrons. The summed E-state index contributed by atoms with van der Waals surface area (Å²) in [6, 6.07) is 5.28. The fourth-order valence-electron chi connectivity index (χ4n) is 2.53. The summed E-state index contributed by atoms with van der Waals surface area (Å²) in [6.45, 7) is 3.42. The topological polar surface area (TPSA) is 90.5 Å². The molecule has 1 unspecified atom stereocenters. The number of rotatable bonds is 8. The fraction of sp³-hybridized carbons (Fsp3) is 0.300. The fourth-order valence-corrected chi connectivity index (χ4v) is 4.27. The maximum Gasteiger partial charge on any atom is 0.165 e. The molecule has 0 fully saturated rings. The molecule has 0 aliphatic carbocycles. The lowest BCUT2D eigenvalue weighted by Crippen LogP contribution is -2.31. The lowest BCUT2D eigenvalue weighted by atomic mass is 10.2. The number of hydrogen-bond acceptors (Lipinski definition) is 7. The number of halogens is 4. The Labute approximate surface area is 197 Å². The van der Waals surface area contributed by atoms with Crippen molar-refractivity contribution in [3.05, 3.63) is 45.2 Å². The molecule has 1 aromatic heterocycles. The second kappa shape index (κ2) is 10.3. The molecule has 6 nitrogen and oxygen atoms in total. The molecule has 0 bridgehead atoms. The summed E-state index contributed by atoms with van der Waals surface area (Å²) in [7, 11) is 0. The van der Waals surface area contributed by atoms with E-state index in [9.17, 15) is 4.39 Å². The lowest BCUT2D eigenvalue weighted by Gasteiger charge is -2.13. The summed E-state index contributed by atoms with van der Waals surface area (Å²) < 4.78 is 25.4. The van der Waals surface area contributed by atoms with Gasteiger partial charge < -0.3 is 20.3 Å². The van der Waals surface area contributed by atoms with Crippen LogP contribution in [0.2, 0.25) is 15.1 Å². The van der Waals surface area contributed by atoms with Crippen LogP contribution in [-0.2, 0) is 0 Å². The Morgan fingerprint density at radius 3 is 2.32 bits per heavy atom. The molecule has 0 saturated carbocycles. The number of aliphatic hydroxyl groups excluding tert-OH is 1. The third-order valence-electron chi connectivity index (χ3n) is 3.96. The summed E-state index contributed by atoms with van der Waals surface area (Å²) in [4.78, 5) is 0. The average molecular weight is 507 g/mol. The number of ether oxygens (including phenoxy) is 2. The molecular weight excluding hydrogens is 488 g/mol. The highest BCUT2D eigenvalue weighted by atomic mass is 35.5. The normalized spacial score (nSPS) is 12.3. The molecule has 0 aliphatic rings. The maximum atomic E-state index is 14.5. The van der Waals surface area contributed by atoms with Crippen molar-refractivity contribution in [1.82, 2.24) is 10.2 Å². The van der Waals surface area contributed by atoms with Crippen LogP contribution in [0.4, 0.5) is 4.39 Å². The Morgan fingerprint density at radius 1 is 1.06 bits per heavy atom. The number of nitrogens with two attached hydrogens (primary N) is 1. The molecule has 0 radical (unpaired) electrons. The van der Waals surface area contributed by atoms with E-state index in [4.69, 9.17) is 55.1 Å². The molecular formula is C20H19Cl3FN3O3S. The van der Waals surface area contributed by atoms with E-state index in [1.807, 2.05) is 13.8 Å². The van der Waals surface area contributed by atoms with E-state index < -0.39 is 11.9 Å². The van der Waals surface area contributed by atoms with Gasteiger partial charge in [0.25, 0.3) is 0 Å². The van der Waals surface area contributed by atoms with E-state index in [-0.39, 0.29) is 30.1 Å². The SMILES string of the molecule is CC(C)Oc1c(Cl)cc(-c2nnc(-c3cc(F)c(OCC(N)CO)cc3Cl)s2)cc1Cl. The van der Waals surface area contributed by atoms with Crippen LogP contribution >= 0.6 is 46.1 Å². The predicted molar refractivity (Wildman–Crippen MR) is 122 cm³/mol. The highest BCUT2D eigenvalue weighted by Crippen LogP contribution is 2.41. The van der Waals surface area contributed by atoms with Crippen LogP contribution in [0.15, 0.2) is 24.3 Å². The summed E-state index contributed by atoms with van der Waals surface area (Å²) in [5.74, 6) is -0.308. The van der Waals surface area contributed by atoms with Crippen LogP contribution < -0.4 is 15.2 Å². The van der Waals surface area contributed by atoms with Gasteiger partial charge in [-0.1, -0.05) is 46.1 Å². The van der Waals surface area contributed by atoms with Gasteiger partial charge in [0.2, 0.25) is 0 Å². The van der Waals surface area contributed by atoms with Crippen molar-refractivity contribution in [2.45, 2.75) is 26.0 Å². The van der Waals surface area contributed by atoms with Crippen LogP contribution in [0.25, 0.3) is 21.1 Å². The molecule has 3 aromatic rings. The molecule has 1 atom stereocenters. The van der Waals surface area contributed by atoms with Gasteiger partial charge in [-0.05, 0) is 32.0 Å². The Bertz CT molecular complexity index is 1060. The zero-order valence-electron chi connectivity index (χ0n) is 16.5. The number of aliphatic hydroxyl groups is 1. The zero-order chi connectivity index (χ0) is 22.7. The number of hydrogen-bond donors (Lipinski definition) is 2. The van der Waals surface area contributed by atoms with E-state index in [1.165, 1.54) is 23.5 Å². The predicted octanol–water partition coefficient (Wildman–Crippen LogP) is 5.46. The van der Waals surface area contributed by atoms with Crippen LogP contribution in [0.1, 0.15) is 13.8 Å². The van der Waals surface area contributed by atoms with Gasteiger partial charge in [-0.3, -0.25) is 0 Å². The van der Waals surface area contributed by atoms with Crippen molar-refractivity contribution in [3.8, 4) is 32.6 Å². The molecule has 31 heavy (non-hydrogen) atoms. The van der Waals surface area contributed by atoms with Gasteiger partial charge in [0, 0.05) is 17.2 Å². The van der Waals surface area contributed by atoms with Crippen LogP contribution in [0.5, 0.6) is 11.5 Å². The van der Waals surface area contributed by atoms with Crippen molar-refractivity contribution in [1.29, 1.82) is 0 Å². The third-order valence-corrected chi connectivity index (χ3v) is 5.84. The van der Waals surface area contributed by atoms with E-state index >= 15 is 0 Å². The number of nitrogens with zero attached hydrogens (tertiary/aromatic N) is 2. The first-order chi connectivity index (χ1) is 14.7. The molecule has 0 amide bonds. The van der Waals surface area contributed by atoms with Crippen molar-refractivity contribution in [2.75, 3.05) is 13.2 Å². The minimum Gasteiger partial charge on any atom is -0.489 e. The van der Waals surface area contributed by atoms with Crippen LogP contribution in [0, 0.1) is 5.82 Å². The van der Waals surface area contributed by atoms with Gasteiger partial charge in [-0.2, -0.15) is 0 Å². The van der Waals surface area contributed by atoms with Gasteiger partial charge in [-0.15, -0.1) is 10.2 Å². The first kappa shape index (κ1) is 24.0. The Kier molecular flexibility index (Phi) is 7.96. The molecule has 0 aliphatic heterocycles. The smallest absolute Gasteiger partial charge is 0.165 e. The van der Waals surface area contributed by atoms with E-state index in [1.54, 1.807) is 12.1 Å². The van der Waals surface area contributed by atoms with E-state index in [2.05, 4.69) is 10.2 Å². The largest absolute Gasteiger partial charge is 0.489 e. The van der Waals surface area contributed by atoms with Crippen LogP contribution in [-0.4, -0.2) is 40.7 Å². The number of benzene rings is 2. The molecule has 11 heteroatoms. The Hall–Kier alpha value is -1.68. The Balaban J connectivity index is 1.88. The highest BCUT2D eigenvalue weighted by molar-refractivity contribution is 7.18. The standard InChI is InChI=1S/C20H19Cl3FN3O3S/c1-9(2)30-18-14(22)3-10(4-15(18)23)19-26-27-20(31-19)12-5-16(24)17(6-13(12)21)29-8-11(25)7-28/h3-6,9,11,28H,7-8,25H2,1-2H3. The van der Waals surface area contributed by atoms with Crippen molar-refractivity contribution < 1.29 is 19.0 Å². The minimum absolute atomic E-state index is 0.0515. The van der Waals surface area contributed by atoms with Gasteiger partial charge >= 0.3 is 0 Å². The molecule has 3 N–H and O–H groups in total. The Morgan fingerprint density at radius 2 is 1.71 bits per heavy atom. The molecule has 3 rings (SSSR count). The first-order valence-electron chi connectivity index (χ1n) is 9.17. The molecule has 1 heterocycles. The van der Waals surface area contributed by atoms with Crippen LogP contribution in [0.3, 0.4) is 0 Å². The maximum absolute atomic E-state index is 14.5. The quantitative estimate of drug-likeness (QED) is 0.422. The minimum atomic E-state index is -0.637. The van der Waals surface area contributed by atoms with E-state index in [0.29, 0.717) is 36.9 Å². The zero-order valence-corrected chi connectivity index (χ0v) is 19.6. The summed E-state index contributed by atoms with van der Waals surface area (Å²) in [5.41, 5.74) is 6.57. The summed E-state index contributed by atoms with van der Waals surface area (Å²) in [6.07, 6.45) is -0.0858. The van der Waals surface area contributed by atoms with E-state index in [0.717, 1.165) is 0 Å². The third kappa shape index (κ3) is 5.77. The first-order valence-corrected chi connectivity index (χ1v) is 11.1. The summed E-state index contributed by atoms with van der Waals surface area (Å²) in [5, 5.41) is 19.1. The monoisotopic (exact) mass is 505 g/mol. The highest BCUT2D eigenvalue weighted by Gasteiger charge is 2.18. The van der Waals surface area contributed by atoms with Gasteiger partial charge in [0.15, 0.2) is 17.3 Å². The molecule has 0 spiro atoms. The van der Waals surface area contributed by atoms with Crippen molar-refractivity contribution >= 4 is 46.1 Å². The van der Waals surface area contributed by atoms with Crippen molar-refractivity contribution in [3.63, 3.8) is 0 Å². The van der Waals surface area contributed by atoms with Gasteiger partial charge in [-0.25, -0.2) is 4.39 Å². The molecule has 2 aromatic carbocycles. The number of aromatic nitrogens is 2. The summed E-state index contributed by atoms with van der Waals surface area (Å²) >= 11 is 20.1. The molecule has 0 saturated heterocycles. The lowest BCUT2D eigenvalue weighted by molar-refractivity contribution is 0.202. The van der Waals surface area contributed by atoms with Gasteiger partial charge in [0.1, 0.15) is 16.6 Å².